The number of carbonyl (C=O) groups is 2. The summed E-state index contributed by atoms with van der Waals surface area (Å²) in [6, 6.07) is 4.33. The molecule has 1 aromatic carbocycles. The minimum absolute atomic E-state index is 0.155. The van der Waals surface area contributed by atoms with Crippen LogP contribution >= 0.6 is 15.9 Å². The predicted octanol–water partition coefficient (Wildman–Crippen LogP) is 4.82. The molecule has 2 rings (SSSR count). The van der Waals surface area contributed by atoms with Gasteiger partial charge >= 0.3 is 6.09 Å². The normalized spacial score (nSPS) is 20.7. The van der Waals surface area contributed by atoms with Gasteiger partial charge in [-0.25, -0.2) is 4.79 Å². The van der Waals surface area contributed by atoms with Gasteiger partial charge in [-0.2, -0.15) is 0 Å². The molecule has 1 aromatic rings. The van der Waals surface area contributed by atoms with Gasteiger partial charge in [0.25, 0.3) is 0 Å². The van der Waals surface area contributed by atoms with Gasteiger partial charge in [0.1, 0.15) is 11.9 Å². The summed E-state index contributed by atoms with van der Waals surface area (Å²) in [4.78, 5) is 23.0. The average Bonchev–Trinajstić information content (AvgIpc) is 2.50. The fourth-order valence-corrected chi connectivity index (χ4v) is 3.52. The number of hydrogen-bond acceptors (Lipinski definition) is 4. The highest BCUT2D eigenvalue weighted by molar-refractivity contribution is 9.10. The fourth-order valence-electron chi connectivity index (χ4n) is 3.05. The Bertz CT molecular complexity index is 632. The Kier molecular flexibility index (Phi) is 6.49. The first-order valence-electron chi connectivity index (χ1n) is 8.69. The number of alkyl carbamates (subject to hydrolysis) is 1. The zero-order valence-electron chi connectivity index (χ0n) is 15.3. The summed E-state index contributed by atoms with van der Waals surface area (Å²) in [5.74, 6) is 0. The zero-order chi connectivity index (χ0) is 18.6. The van der Waals surface area contributed by atoms with Crippen LogP contribution in [-0.2, 0) is 4.74 Å². The van der Waals surface area contributed by atoms with Crippen molar-refractivity contribution in [3.63, 3.8) is 0 Å². The number of rotatable bonds is 4. The van der Waals surface area contributed by atoms with E-state index in [1.54, 1.807) is 0 Å². The first kappa shape index (κ1) is 19.8. The van der Waals surface area contributed by atoms with Gasteiger partial charge in [0.2, 0.25) is 0 Å². The highest BCUT2D eigenvalue weighted by atomic mass is 79.9. The molecule has 25 heavy (non-hydrogen) atoms. The maximum Gasteiger partial charge on any atom is 0.407 e. The largest absolute Gasteiger partial charge is 0.444 e. The lowest BCUT2D eigenvalue weighted by molar-refractivity contribution is 0.0492. The molecule has 0 radical (unpaired) electrons. The van der Waals surface area contributed by atoms with E-state index in [1.165, 1.54) is 0 Å². The standard InChI is InChI=1S/C19H27BrN2O3/c1-12-13(11-23)9-14(20)10-17(12)21-15-5-7-16(8-6-15)22-18(24)25-19(2,3)4/h9-11,15-16,21H,5-8H2,1-4H3,(H,22,24). The molecule has 1 aliphatic carbocycles. The third-order valence-electron chi connectivity index (χ3n) is 4.35. The van der Waals surface area contributed by atoms with Crippen LogP contribution in [0.1, 0.15) is 62.4 Å². The molecule has 0 unspecified atom stereocenters. The van der Waals surface area contributed by atoms with Gasteiger partial charge in [-0.3, -0.25) is 4.79 Å². The second-order valence-electron chi connectivity index (χ2n) is 7.62. The van der Waals surface area contributed by atoms with Crippen LogP contribution in [-0.4, -0.2) is 30.1 Å². The number of halogens is 1. The smallest absolute Gasteiger partial charge is 0.407 e. The summed E-state index contributed by atoms with van der Waals surface area (Å²) in [6.45, 7) is 7.54. The van der Waals surface area contributed by atoms with E-state index in [-0.39, 0.29) is 12.1 Å². The molecule has 1 fully saturated rings. The summed E-state index contributed by atoms with van der Waals surface area (Å²) >= 11 is 3.45. The van der Waals surface area contributed by atoms with Crippen LogP contribution < -0.4 is 10.6 Å². The average molecular weight is 411 g/mol. The van der Waals surface area contributed by atoms with Crippen molar-refractivity contribution in [1.29, 1.82) is 0 Å². The van der Waals surface area contributed by atoms with Crippen LogP contribution in [0.2, 0.25) is 0 Å². The van der Waals surface area contributed by atoms with Gasteiger partial charge in [0.15, 0.2) is 0 Å². The Morgan fingerprint density at radius 2 is 1.80 bits per heavy atom. The molecule has 138 valence electrons. The number of aldehydes is 1. The predicted molar refractivity (Wildman–Crippen MR) is 103 cm³/mol. The van der Waals surface area contributed by atoms with Gasteiger partial charge in [-0.15, -0.1) is 0 Å². The Morgan fingerprint density at radius 1 is 1.20 bits per heavy atom. The molecule has 0 saturated heterocycles. The van der Waals surface area contributed by atoms with Crippen LogP contribution in [0, 0.1) is 6.92 Å². The van der Waals surface area contributed by atoms with Crippen molar-refractivity contribution in [3.8, 4) is 0 Å². The van der Waals surface area contributed by atoms with Crippen LogP contribution in [0.15, 0.2) is 16.6 Å². The molecule has 0 aromatic heterocycles. The molecule has 0 heterocycles. The van der Waals surface area contributed by atoms with E-state index in [4.69, 9.17) is 4.74 Å². The van der Waals surface area contributed by atoms with Crippen LogP contribution in [0.5, 0.6) is 0 Å². The second-order valence-corrected chi connectivity index (χ2v) is 8.54. The van der Waals surface area contributed by atoms with Crippen molar-refractivity contribution in [3.05, 3.63) is 27.7 Å². The molecule has 1 aliphatic rings. The number of hydrogen-bond donors (Lipinski definition) is 2. The second kappa shape index (κ2) is 8.21. The van der Waals surface area contributed by atoms with E-state index in [0.717, 1.165) is 47.7 Å². The summed E-state index contributed by atoms with van der Waals surface area (Å²) in [5, 5.41) is 6.50. The SMILES string of the molecule is Cc1c(C=O)cc(Br)cc1NC1CCC(NC(=O)OC(C)(C)C)CC1. The van der Waals surface area contributed by atoms with Gasteiger partial charge in [-0.05, 0) is 71.1 Å². The number of nitrogens with one attached hydrogen (secondary N) is 2. The lowest BCUT2D eigenvalue weighted by Crippen LogP contribution is -2.42. The molecule has 0 spiro atoms. The van der Waals surface area contributed by atoms with Crippen molar-refractivity contribution < 1.29 is 14.3 Å². The first-order valence-corrected chi connectivity index (χ1v) is 9.48. The number of anilines is 1. The van der Waals surface area contributed by atoms with Crippen molar-refractivity contribution in [2.24, 2.45) is 0 Å². The number of benzene rings is 1. The maximum absolute atomic E-state index is 11.9. The summed E-state index contributed by atoms with van der Waals surface area (Å²) in [6.07, 6.45) is 4.27. The summed E-state index contributed by atoms with van der Waals surface area (Å²) in [7, 11) is 0. The molecule has 2 N–H and O–H groups in total. The minimum atomic E-state index is -0.475. The zero-order valence-corrected chi connectivity index (χ0v) is 16.9. The van der Waals surface area contributed by atoms with Gasteiger partial charge in [0.05, 0.1) is 0 Å². The summed E-state index contributed by atoms with van der Waals surface area (Å²) in [5.41, 5.74) is 2.17. The molecule has 0 bridgehead atoms. The third-order valence-corrected chi connectivity index (χ3v) is 4.81. The van der Waals surface area contributed by atoms with Gasteiger partial charge in [0, 0.05) is 27.8 Å². The molecule has 0 aliphatic heterocycles. The van der Waals surface area contributed by atoms with Crippen molar-refractivity contribution in [2.45, 2.75) is 71.1 Å². The van der Waals surface area contributed by atoms with Crippen molar-refractivity contribution in [2.75, 3.05) is 5.32 Å². The molecule has 0 atom stereocenters. The highest BCUT2D eigenvalue weighted by Crippen LogP contribution is 2.28. The lowest BCUT2D eigenvalue weighted by Gasteiger charge is -2.31. The lowest BCUT2D eigenvalue weighted by atomic mass is 9.91. The quantitative estimate of drug-likeness (QED) is 0.698. The van der Waals surface area contributed by atoms with E-state index < -0.39 is 5.60 Å². The van der Waals surface area contributed by atoms with Crippen LogP contribution in [0.25, 0.3) is 0 Å². The Balaban J connectivity index is 1.88. The molecule has 5 nitrogen and oxygen atoms in total. The number of carbonyl (C=O) groups excluding carboxylic acids is 2. The first-order chi connectivity index (χ1) is 11.7. The van der Waals surface area contributed by atoms with Crippen molar-refractivity contribution in [1.82, 2.24) is 5.32 Å². The van der Waals surface area contributed by atoms with Gasteiger partial charge < -0.3 is 15.4 Å². The summed E-state index contributed by atoms with van der Waals surface area (Å²) < 4.78 is 6.21. The monoisotopic (exact) mass is 410 g/mol. The minimum Gasteiger partial charge on any atom is -0.444 e. The van der Waals surface area contributed by atoms with Crippen molar-refractivity contribution >= 4 is 34.0 Å². The van der Waals surface area contributed by atoms with Gasteiger partial charge in [-0.1, -0.05) is 15.9 Å². The van der Waals surface area contributed by atoms with E-state index in [1.807, 2.05) is 39.8 Å². The molecule has 1 amide bonds. The fraction of sp³-hybridized carbons (Fsp3) is 0.579. The highest BCUT2D eigenvalue weighted by Gasteiger charge is 2.25. The van der Waals surface area contributed by atoms with Crippen LogP contribution in [0.3, 0.4) is 0 Å². The van der Waals surface area contributed by atoms with E-state index in [9.17, 15) is 9.59 Å². The Labute approximate surface area is 158 Å². The number of amides is 1. The Morgan fingerprint density at radius 3 is 2.36 bits per heavy atom. The van der Waals surface area contributed by atoms with Crippen LogP contribution in [0.4, 0.5) is 10.5 Å². The molecular weight excluding hydrogens is 384 g/mol. The third kappa shape index (κ3) is 6.03. The molecule has 6 heteroatoms. The Hall–Kier alpha value is -1.56. The molecule has 1 saturated carbocycles. The van der Waals surface area contributed by atoms with E-state index in [0.29, 0.717) is 11.6 Å². The molecular formula is C19H27BrN2O3. The number of ether oxygens (including phenoxy) is 1. The topological polar surface area (TPSA) is 67.4 Å². The van der Waals surface area contributed by atoms with E-state index in [2.05, 4.69) is 26.6 Å². The maximum atomic E-state index is 11.9. The van der Waals surface area contributed by atoms with E-state index >= 15 is 0 Å².